The van der Waals surface area contributed by atoms with Crippen molar-refractivity contribution in [2.45, 2.75) is 26.2 Å². The van der Waals surface area contributed by atoms with Gasteiger partial charge in [-0.25, -0.2) is 0 Å². The van der Waals surface area contributed by atoms with Crippen molar-refractivity contribution in [2.24, 2.45) is 0 Å². The summed E-state index contributed by atoms with van der Waals surface area (Å²) in [5.74, 6) is 0.440. The van der Waals surface area contributed by atoms with E-state index in [0.29, 0.717) is 12.2 Å². The van der Waals surface area contributed by atoms with Gasteiger partial charge in [0.2, 0.25) is 0 Å². The van der Waals surface area contributed by atoms with E-state index in [-0.39, 0.29) is 11.7 Å². The van der Waals surface area contributed by atoms with Gasteiger partial charge in [0.25, 0.3) is 0 Å². The van der Waals surface area contributed by atoms with Crippen LogP contribution in [-0.2, 0) is 4.79 Å². The molecular formula is C12H14N4O. The van der Waals surface area contributed by atoms with Crippen LogP contribution >= 0.6 is 0 Å². The highest BCUT2D eigenvalue weighted by molar-refractivity contribution is 5.84. The van der Waals surface area contributed by atoms with E-state index in [9.17, 15) is 4.79 Å². The Morgan fingerprint density at radius 1 is 1.35 bits per heavy atom. The van der Waals surface area contributed by atoms with Crippen molar-refractivity contribution in [1.29, 1.82) is 0 Å². The zero-order valence-corrected chi connectivity index (χ0v) is 9.87. The molecule has 0 bridgehead atoms. The van der Waals surface area contributed by atoms with Gasteiger partial charge >= 0.3 is 0 Å². The first-order valence-electron chi connectivity index (χ1n) is 5.60. The Balaban J connectivity index is 2.39. The number of tetrazole rings is 1. The summed E-state index contributed by atoms with van der Waals surface area (Å²) in [6.45, 7) is 3.67. The molecule has 0 aliphatic rings. The molecule has 1 unspecified atom stereocenters. The molecular weight excluding hydrogens is 216 g/mol. The van der Waals surface area contributed by atoms with Gasteiger partial charge in [-0.15, -0.1) is 5.10 Å². The Morgan fingerprint density at radius 3 is 2.71 bits per heavy atom. The van der Waals surface area contributed by atoms with Crippen molar-refractivity contribution in [2.75, 3.05) is 0 Å². The zero-order valence-electron chi connectivity index (χ0n) is 9.87. The summed E-state index contributed by atoms with van der Waals surface area (Å²) in [5, 5.41) is 11.5. The van der Waals surface area contributed by atoms with Crippen molar-refractivity contribution in [3.05, 3.63) is 36.2 Å². The molecule has 0 spiro atoms. The predicted molar refractivity (Wildman–Crippen MR) is 62.9 cm³/mol. The van der Waals surface area contributed by atoms with Gasteiger partial charge in [0, 0.05) is 6.42 Å². The van der Waals surface area contributed by atoms with E-state index in [2.05, 4.69) is 15.5 Å². The first-order valence-corrected chi connectivity index (χ1v) is 5.60. The Labute approximate surface area is 99.5 Å². The van der Waals surface area contributed by atoms with E-state index < -0.39 is 0 Å². The predicted octanol–water partition coefficient (Wildman–Crippen LogP) is 1.74. The fourth-order valence-corrected chi connectivity index (χ4v) is 1.67. The molecule has 0 amide bonds. The molecule has 88 valence electrons. The van der Waals surface area contributed by atoms with E-state index in [1.165, 1.54) is 0 Å². The molecule has 17 heavy (non-hydrogen) atoms. The van der Waals surface area contributed by atoms with Gasteiger partial charge in [0.15, 0.2) is 5.82 Å². The fourth-order valence-electron chi connectivity index (χ4n) is 1.67. The molecule has 0 fully saturated rings. The van der Waals surface area contributed by atoms with Crippen LogP contribution in [0.2, 0.25) is 0 Å². The first kappa shape index (κ1) is 11.4. The van der Waals surface area contributed by atoms with Crippen LogP contribution in [0, 0.1) is 0 Å². The van der Waals surface area contributed by atoms with Gasteiger partial charge in [-0.3, -0.25) is 4.79 Å². The molecule has 1 aromatic heterocycles. The molecule has 0 saturated heterocycles. The third-order valence-electron chi connectivity index (χ3n) is 2.71. The highest BCUT2D eigenvalue weighted by Gasteiger charge is 2.20. The minimum atomic E-state index is -0.282. The molecule has 0 N–H and O–H groups in total. The van der Waals surface area contributed by atoms with Crippen LogP contribution in [0.25, 0.3) is 5.69 Å². The Hall–Kier alpha value is -2.04. The minimum Gasteiger partial charge on any atom is -0.299 e. The van der Waals surface area contributed by atoms with Crippen molar-refractivity contribution >= 4 is 5.78 Å². The van der Waals surface area contributed by atoms with Crippen LogP contribution in [0.1, 0.15) is 32.0 Å². The normalized spacial score (nSPS) is 12.4. The molecule has 0 aliphatic heterocycles. The number of hydrogen-bond donors (Lipinski definition) is 0. The van der Waals surface area contributed by atoms with Gasteiger partial charge in [-0.2, -0.15) is 4.68 Å². The van der Waals surface area contributed by atoms with Gasteiger partial charge in [-0.1, -0.05) is 25.1 Å². The van der Waals surface area contributed by atoms with E-state index in [0.717, 1.165) is 5.69 Å². The summed E-state index contributed by atoms with van der Waals surface area (Å²) in [7, 11) is 0. The number of benzene rings is 1. The second-order valence-corrected chi connectivity index (χ2v) is 3.83. The smallest absolute Gasteiger partial charge is 0.166 e. The quantitative estimate of drug-likeness (QED) is 0.802. The summed E-state index contributed by atoms with van der Waals surface area (Å²) in [6.07, 6.45) is 0.489. The number of Topliss-reactive ketones (excluding diaryl/α,β-unsaturated/α-hetero) is 1. The average Bonchev–Trinajstić information content (AvgIpc) is 2.87. The third kappa shape index (κ3) is 2.22. The first-order chi connectivity index (χ1) is 8.24. The maximum absolute atomic E-state index is 11.7. The van der Waals surface area contributed by atoms with Crippen molar-refractivity contribution in [1.82, 2.24) is 20.2 Å². The minimum absolute atomic E-state index is 0.136. The van der Waals surface area contributed by atoms with Crippen molar-refractivity contribution in [3.8, 4) is 5.69 Å². The number of para-hydroxylation sites is 1. The number of hydrogen-bond acceptors (Lipinski definition) is 4. The molecule has 2 rings (SSSR count). The lowest BCUT2D eigenvalue weighted by Gasteiger charge is -2.09. The summed E-state index contributed by atoms with van der Waals surface area (Å²) < 4.78 is 1.61. The molecule has 5 nitrogen and oxygen atoms in total. The SMILES string of the molecule is CCC(=O)C(C)c1nnnn1-c1ccccc1. The second kappa shape index (κ2) is 4.86. The molecule has 0 aliphatic carbocycles. The number of carbonyl (C=O) groups excluding carboxylic acids is 1. The van der Waals surface area contributed by atoms with Crippen LogP contribution in [0.3, 0.4) is 0 Å². The monoisotopic (exact) mass is 230 g/mol. The Morgan fingerprint density at radius 2 is 2.06 bits per heavy atom. The highest BCUT2D eigenvalue weighted by Crippen LogP contribution is 2.17. The topological polar surface area (TPSA) is 60.7 Å². The van der Waals surface area contributed by atoms with E-state index in [1.54, 1.807) is 4.68 Å². The molecule has 5 heteroatoms. The van der Waals surface area contributed by atoms with Gasteiger partial charge in [0.1, 0.15) is 5.78 Å². The Kier molecular flexibility index (Phi) is 3.27. The number of carbonyl (C=O) groups is 1. The summed E-state index contributed by atoms with van der Waals surface area (Å²) in [5.41, 5.74) is 0.864. The van der Waals surface area contributed by atoms with Crippen molar-refractivity contribution in [3.63, 3.8) is 0 Å². The highest BCUT2D eigenvalue weighted by atomic mass is 16.1. The summed E-state index contributed by atoms with van der Waals surface area (Å²) in [6, 6.07) is 9.56. The molecule has 0 radical (unpaired) electrons. The fraction of sp³-hybridized carbons (Fsp3) is 0.333. The lowest BCUT2D eigenvalue weighted by Crippen LogP contribution is -2.14. The maximum Gasteiger partial charge on any atom is 0.166 e. The summed E-state index contributed by atoms with van der Waals surface area (Å²) >= 11 is 0. The molecule has 0 saturated carbocycles. The number of aromatic nitrogens is 4. The second-order valence-electron chi connectivity index (χ2n) is 3.83. The van der Waals surface area contributed by atoms with Crippen LogP contribution in [0.15, 0.2) is 30.3 Å². The molecule has 1 heterocycles. The number of rotatable bonds is 4. The van der Waals surface area contributed by atoms with Crippen LogP contribution in [0.5, 0.6) is 0 Å². The lowest BCUT2D eigenvalue weighted by molar-refractivity contribution is -0.120. The van der Waals surface area contributed by atoms with Crippen LogP contribution < -0.4 is 0 Å². The number of ketones is 1. The molecule has 1 aromatic carbocycles. The summed E-state index contributed by atoms with van der Waals surface area (Å²) in [4.78, 5) is 11.7. The third-order valence-corrected chi connectivity index (χ3v) is 2.71. The standard InChI is InChI=1S/C12H14N4O/c1-3-11(17)9(2)12-13-14-15-16(12)10-7-5-4-6-8-10/h4-9H,3H2,1-2H3. The van der Waals surface area contributed by atoms with Crippen LogP contribution in [0.4, 0.5) is 0 Å². The zero-order chi connectivity index (χ0) is 12.3. The number of nitrogens with zero attached hydrogens (tertiary/aromatic N) is 4. The van der Waals surface area contributed by atoms with Crippen molar-refractivity contribution < 1.29 is 4.79 Å². The Bertz CT molecular complexity index is 506. The molecule has 1 atom stereocenters. The van der Waals surface area contributed by atoms with Gasteiger partial charge in [0.05, 0.1) is 11.6 Å². The van der Waals surface area contributed by atoms with E-state index in [1.807, 2.05) is 44.2 Å². The van der Waals surface area contributed by atoms with Crippen LogP contribution in [-0.4, -0.2) is 26.0 Å². The van der Waals surface area contributed by atoms with Gasteiger partial charge < -0.3 is 0 Å². The lowest BCUT2D eigenvalue weighted by atomic mass is 10.0. The maximum atomic E-state index is 11.7. The van der Waals surface area contributed by atoms with E-state index >= 15 is 0 Å². The molecule has 2 aromatic rings. The van der Waals surface area contributed by atoms with Gasteiger partial charge in [-0.05, 0) is 29.5 Å². The average molecular weight is 230 g/mol. The van der Waals surface area contributed by atoms with E-state index in [4.69, 9.17) is 0 Å². The largest absolute Gasteiger partial charge is 0.299 e.